The Morgan fingerprint density at radius 3 is 2.62 bits per heavy atom. The number of piperidine rings is 1. The lowest BCUT2D eigenvalue weighted by Gasteiger charge is -2.35. The van der Waals surface area contributed by atoms with E-state index < -0.39 is 0 Å². The van der Waals surface area contributed by atoms with Crippen molar-refractivity contribution in [3.05, 3.63) is 95.1 Å². The van der Waals surface area contributed by atoms with Crippen LogP contribution in [0.15, 0.2) is 67.3 Å². The Balaban J connectivity index is 1.11. The van der Waals surface area contributed by atoms with E-state index in [2.05, 4.69) is 99.2 Å². The standard InChI is InChI=1S/C41H53N/c1-6-7-10-34-18-20-39-28-41(29-40(39)26-34)38-14-9-13-37(27-38)36-12-8-11-33(17-19-36)25-31(4)15-16-32(5)35-21-23-42(24-22-35)30(2)3/h6,9,13-14,18,20,26-27,29-31,33,35-36H,1,5,8,11-12,15-17,19,21-25,28H2,2-4H3/t31-,33?,36+/m0/s1. The van der Waals surface area contributed by atoms with Crippen molar-refractivity contribution >= 4 is 11.6 Å². The number of hydrogen-bond acceptors (Lipinski definition) is 1. The van der Waals surface area contributed by atoms with Gasteiger partial charge in [0.05, 0.1) is 0 Å². The van der Waals surface area contributed by atoms with Crippen molar-refractivity contribution in [2.24, 2.45) is 17.8 Å². The first kappa shape index (κ1) is 30.6. The minimum Gasteiger partial charge on any atom is -0.301 e. The van der Waals surface area contributed by atoms with Crippen LogP contribution in [0.3, 0.4) is 0 Å². The van der Waals surface area contributed by atoms with Crippen LogP contribution < -0.4 is 0 Å². The summed E-state index contributed by atoms with van der Waals surface area (Å²) < 4.78 is 0. The van der Waals surface area contributed by atoms with Crippen LogP contribution in [0.2, 0.25) is 0 Å². The minimum absolute atomic E-state index is 0.683. The SMILES string of the molecule is C=CC#Cc1ccc2c(c1)C=C(c1cccc([C@@H]3CCCC(C[C@@H](C)CCC(=C)C4CCN(C(C)C)CC4)CC3)c1)C2. The number of fused-ring (bicyclic) bond motifs is 1. The first-order valence-electron chi connectivity index (χ1n) is 16.9. The molecule has 0 aromatic heterocycles. The van der Waals surface area contributed by atoms with Gasteiger partial charge >= 0.3 is 0 Å². The molecular weight excluding hydrogens is 506 g/mol. The average Bonchev–Trinajstić information content (AvgIpc) is 3.30. The number of likely N-dealkylation sites (tertiary alicyclic amines) is 1. The zero-order chi connectivity index (χ0) is 29.5. The molecule has 2 aliphatic carbocycles. The van der Waals surface area contributed by atoms with Gasteiger partial charge in [0.2, 0.25) is 0 Å². The summed E-state index contributed by atoms with van der Waals surface area (Å²) in [6.07, 6.45) is 18.5. The predicted molar refractivity (Wildman–Crippen MR) is 182 cm³/mol. The number of rotatable bonds is 9. The van der Waals surface area contributed by atoms with Gasteiger partial charge in [0.15, 0.2) is 0 Å². The molecule has 1 heteroatoms. The van der Waals surface area contributed by atoms with Crippen LogP contribution in [0.5, 0.6) is 0 Å². The second kappa shape index (κ2) is 14.6. The van der Waals surface area contributed by atoms with Crippen LogP contribution in [0.25, 0.3) is 11.6 Å². The van der Waals surface area contributed by atoms with Gasteiger partial charge in [-0.2, -0.15) is 0 Å². The minimum atomic E-state index is 0.683. The summed E-state index contributed by atoms with van der Waals surface area (Å²) in [5.41, 5.74) is 9.71. The summed E-state index contributed by atoms with van der Waals surface area (Å²) >= 11 is 0. The molecule has 1 unspecified atom stereocenters. The van der Waals surface area contributed by atoms with Crippen molar-refractivity contribution < 1.29 is 0 Å². The fourth-order valence-corrected chi connectivity index (χ4v) is 7.82. The molecule has 2 aromatic rings. The van der Waals surface area contributed by atoms with Crippen LogP contribution in [-0.2, 0) is 6.42 Å². The molecule has 0 radical (unpaired) electrons. The number of nitrogens with zero attached hydrogens (tertiary/aromatic N) is 1. The second-order valence-corrected chi connectivity index (χ2v) is 13.9. The molecule has 0 amide bonds. The van der Waals surface area contributed by atoms with Gasteiger partial charge in [-0.05, 0) is 154 Å². The van der Waals surface area contributed by atoms with Crippen molar-refractivity contribution in [1.29, 1.82) is 0 Å². The van der Waals surface area contributed by atoms with E-state index >= 15 is 0 Å². The Kier molecular flexibility index (Phi) is 10.6. The molecule has 2 fully saturated rings. The molecule has 2 aromatic carbocycles. The van der Waals surface area contributed by atoms with Gasteiger partial charge < -0.3 is 4.90 Å². The molecule has 1 heterocycles. The van der Waals surface area contributed by atoms with Crippen LogP contribution >= 0.6 is 0 Å². The van der Waals surface area contributed by atoms with Gasteiger partial charge in [0.1, 0.15) is 0 Å². The highest BCUT2D eigenvalue weighted by atomic mass is 15.1. The zero-order valence-corrected chi connectivity index (χ0v) is 26.6. The van der Waals surface area contributed by atoms with Crippen molar-refractivity contribution in [2.75, 3.05) is 13.1 Å². The summed E-state index contributed by atoms with van der Waals surface area (Å²) in [7, 11) is 0. The molecule has 3 aliphatic rings. The van der Waals surface area contributed by atoms with Gasteiger partial charge in [-0.1, -0.05) is 86.7 Å². The van der Waals surface area contributed by atoms with E-state index in [0.29, 0.717) is 12.0 Å². The van der Waals surface area contributed by atoms with Crippen molar-refractivity contribution in [1.82, 2.24) is 4.90 Å². The third kappa shape index (κ3) is 7.96. The van der Waals surface area contributed by atoms with Crippen molar-refractivity contribution in [3.63, 3.8) is 0 Å². The Bertz CT molecular complexity index is 1320. The van der Waals surface area contributed by atoms with E-state index in [4.69, 9.17) is 0 Å². The van der Waals surface area contributed by atoms with Gasteiger partial charge in [-0.3, -0.25) is 0 Å². The van der Waals surface area contributed by atoms with E-state index in [1.165, 1.54) is 105 Å². The molecular formula is C41H53N. The fourth-order valence-electron chi connectivity index (χ4n) is 7.82. The highest BCUT2D eigenvalue weighted by Crippen LogP contribution is 2.39. The Morgan fingerprint density at radius 1 is 1.00 bits per heavy atom. The quantitative estimate of drug-likeness (QED) is 0.168. The summed E-state index contributed by atoms with van der Waals surface area (Å²) in [6.45, 7) is 17.9. The molecule has 1 aliphatic heterocycles. The molecule has 1 saturated heterocycles. The molecule has 0 N–H and O–H groups in total. The first-order valence-corrected chi connectivity index (χ1v) is 16.9. The topological polar surface area (TPSA) is 3.24 Å². The monoisotopic (exact) mass is 559 g/mol. The third-order valence-electron chi connectivity index (χ3n) is 10.5. The van der Waals surface area contributed by atoms with Gasteiger partial charge in [0, 0.05) is 11.6 Å². The molecule has 222 valence electrons. The van der Waals surface area contributed by atoms with Crippen LogP contribution in [0.1, 0.15) is 119 Å². The van der Waals surface area contributed by atoms with Crippen LogP contribution in [0.4, 0.5) is 0 Å². The Labute approximate surface area is 257 Å². The molecule has 42 heavy (non-hydrogen) atoms. The van der Waals surface area contributed by atoms with Gasteiger partial charge in [-0.25, -0.2) is 0 Å². The maximum absolute atomic E-state index is 4.56. The molecule has 1 saturated carbocycles. The lowest BCUT2D eigenvalue weighted by Crippen LogP contribution is -2.38. The summed E-state index contributed by atoms with van der Waals surface area (Å²) in [6, 6.07) is 16.8. The Hall–Kier alpha value is -2.82. The first-order chi connectivity index (χ1) is 20.4. The lowest BCUT2D eigenvalue weighted by molar-refractivity contribution is 0.159. The molecule has 5 rings (SSSR count). The largest absolute Gasteiger partial charge is 0.301 e. The normalized spacial score (nSPS) is 22.0. The lowest BCUT2D eigenvalue weighted by atomic mass is 9.83. The molecule has 1 nitrogen and oxygen atoms in total. The third-order valence-corrected chi connectivity index (χ3v) is 10.5. The zero-order valence-electron chi connectivity index (χ0n) is 26.6. The van der Waals surface area contributed by atoms with E-state index in [9.17, 15) is 0 Å². The van der Waals surface area contributed by atoms with E-state index in [1.807, 2.05) is 0 Å². The van der Waals surface area contributed by atoms with Gasteiger partial charge in [-0.15, -0.1) is 0 Å². The maximum atomic E-state index is 4.56. The van der Waals surface area contributed by atoms with E-state index in [-0.39, 0.29) is 0 Å². The summed E-state index contributed by atoms with van der Waals surface area (Å²) in [5.74, 6) is 9.31. The molecule has 3 atom stereocenters. The number of allylic oxidation sites excluding steroid dienone is 3. The van der Waals surface area contributed by atoms with E-state index in [1.54, 1.807) is 11.6 Å². The van der Waals surface area contributed by atoms with Crippen LogP contribution in [0, 0.1) is 29.6 Å². The highest BCUT2D eigenvalue weighted by Gasteiger charge is 2.25. The Morgan fingerprint density at radius 2 is 1.83 bits per heavy atom. The summed E-state index contributed by atoms with van der Waals surface area (Å²) in [5, 5.41) is 0. The van der Waals surface area contributed by atoms with Crippen LogP contribution in [-0.4, -0.2) is 24.0 Å². The predicted octanol–water partition coefficient (Wildman–Crippen LogP) is 10.5. The number of benzene rings is 2. The van der Waals surface area contributed by atoms with Crippen molar-refractivity contribution in [3.8, 4) is 11.8 Å². The maximum Gasteiger partial charge on any atom is 0.0254 e. The number of hydrogen-bond donors (Lipinski definition) is 0. The summed E-state index contributed by atoms with van der Waals surface area (Å²) in [4.78, 5) is 2.63. The smallest absolute Gasteiger partial charge is 0.0254 e. The fraction of sp³-hybridized carbons (Fsp3) is 0.512. The molecule has 0 bridgehead atoms. The van der Waals surface area contributed by atoms with Gasteiger partial charge in [0.25, 0.3) is 0 Å². The second-order valence-electron chi connectivity index (χ2n) is 13.9. The van der Waals surface area contributed by atoms with Crippen molar-refractivity contribution in [2.45, 2.75) is 103 Å². The van der Waals surface area contributed by atoms with E-state index in [0.717, 1.165) is 29.7 Å². The highest BCUT2D eigenvalue weighted by molar-refractivity contribution is 5.89. The molecule has 0 spiro atoms. The average molecular weight is 560 g/mol.